The van der Waals surface area contributed by atoms with Gasteiger partial charge in [-0.1, -0.05) is 0 Å². The molecule has 0 bridgehead atoms. The molecule has 0 saturated heterocycles. The van der Waals surface area contributed by atoms with Crippen molar-refractivity contribution in [1.29, 1.82) is 5.26 Å². The maximum Gasteiger partial charge on any atom is 0.267 e. The summed E-state index contributed by atoms with van der Waals surface area (Å²) in [5, 5.41) is 12.5. The number of benzene rings is 1. The number of nitrogens with zero attached hydrogens (tertiary/aromatic N) is 3. The summed E-state index contributed by atoms with van der Waals surface area (Å²) in [5.74, 6) is -0.457. The lowest BCUT2D eigenvalue weighted by atomic mass is 10.1. The molecule has 0 fully saturated rings. The molecule has 1 heterocycles. The Labute approximate surface area is 96.6 Å². The Morgan fingerprint density at radius 3 is 2.94 bits per heavy atom. The lowest BCUT2D eigenvalue weighted by Gasteiger charge is -2.05. The second-order valence-corrected chi connectivity index (χ2v) is 3.44. The Balaban J connectivity index is 2.40. The first-order chi connectivity index (χ1) is 8.20. The highest BCUT2D eigenvalue weighted by atomic mass is 19.1. The molecule has 0 atom stereocenters. The van der Waals surface area contributed by atoms with Gasteiger partial charge in [-0.2, -0.15) is 10.4 Å². The molecular weight excluding hydrogens is 221 g/mol. The molecule has 0 aliphatic carbocycles. The van der Waals surface area contributed by atoms with Crippen molar-refractivity contribution in [2.45, 2.75) is 6.54 Å². The maximum absolute atomic E-state index is 13.5. The van der Waals surface area contributed by atoms with Crippen molar-refractivity contribution in [3.63, 3.8) is 0 Å². The van der Waals surface area contributed by atoms with Gasteiger partial charge in [0.1, 0.15) is 5.82 Å². The van der Waals surface area contributed by atoms with E-state index in [1.165, 1.54) is 36.5 Å². The van der Waals surface area contributed by atoms with E-state index in [2.05, 4.69) is 5.10 Å². The topological polar surface area (TPSA) is 58.7 Å². The zero-order chi connectivity index (χ0) is 12.3. The normalized spacial score (nSPS) is 9.88. The number of rotatable bonds is 2. The highest BCUT2D eigenvalue weighted by Gasteiger charge is 2.05. The average Bonchev–Trinajstić information content (AvgIpc) is 2.35. The summed E-state index contributed by atoms with van der Waals surface area (Å²) >= 11 is 0. The van der Waals surface area contributed by atoms with E-state index in [4.69, 9.17) is 5.26 Å². The minimum atomic E-state index is -0.457. The predicted molar refractivity (Wildman–Crippen MR) is 58.7 cm³/mol. The van der Waals surface area contributed by atoms with Crippen LogP contribution in [0, 0.1) is 17.1 Å². The summed E-state index contributed by atoms with van der Waals surface area (Å²) in [6.07, 6.45) is 1.45. The van der Waals surface area contributed by atoms with Crippen molar-refractivity contribution in [2.24, 2.45) is 0 Å². The molecule has 2 rings (SSSR count). The number of hydrogen-bond donors (Lipinski definition) is 0. The summed E-state index contributed by atoms with van der Waals surface area (Å²) in [6, 6.07) is 8.79. The van der Waals surface area contributed by atoms with Crippen LogP contribution < -0.4 is 5.56 Å². The first-order valence-electron chi connectivity index (χ1n) is 4.91. The van der Waals surface area contributed by atoms with Crippen LogP contribution in [-0.4, -0.2) is 9.78 Å². The molecule has 0 radical (unpaired) electrons. The third kappa shape index (κ3) is 2.37. The minimum absolute atomic E-state index is 0.0149. The van der Waals surface area contributed by atoms with E-state index in [0.717, 1.165) is 4.68 Å². The first-order valence-corrected chi connectivity index (χ1v) is 4.91. The van der Waals surface area contributed by atoms with Crippen LogP contribution in [0.3, 0.4) is 0 Å². The van der Waals surface area contributed by atoms with Crippen molar-refractivity contribution in [2.75, 3.05) is 0 Å². The number of nitriles is 1. The molecule has 0 N–H and O–H groups in total. The Kier molecular flexibility index (Phi) is 2.97. The highest BCUT2D eigenvalue weighted by molar-refractivity contribution is 5.33. The summed E-state index contributed by atoms with van der Waals surface area (Å²) in [4.78, 5) is 11.4. The standard InChI is InChI=1S/C12H8FN3O/c13-11-4-3-9(7-14)6-10(11)8-16-12(17)2-1-5-15-16/h1-6H,8H2. The minimum Gasteiger partial charge on any atom is -0.268 e. The monoisotopic (exact) mass is 229 g/mol. The van der Waals surface area contributed by atoms with E-state index in [9.17, 15) is 9.18 Å². The SMILES string of the molecule is N#Cc1ccc(F)c(Cn2ncccc2=O)c1. The summed E-state index contributed by atoms with van der Waals surface area (Å²) in [6.45, 7) is 0.0149. The quantitative estimate of drug-likeness (QED) is 0.779. The average molecular weight is 229 g/mol. The lowest BCUT2D eigenvalue weighted by Crippen LogP contribution is -2.22. The van der Waals surface area contributed by atoms with Gasteiger partial charge in [-0.25, -0.2) is 9.07 Å². The van der Waals surface area contributed by atoms with Gasteiger partial charge in [0.2, 0.25) is 0 Å². The van der Waals surface area contributed by atoms with Gasteiger partial charge in [0.25, 0.3) is 5.56 Å². The largest absolute Gasteiger partial charge is 0.268 e. The predicted octanol–water partition coefficient (Wildman–Crippen LogP) is 1.30. The molecule has 0 unspecified atom stereocenters. The van der Waals surface area contributed by atoms with E-state index >= 15 is 0 Å². The van der Waals surface area contributed by atoms with Gasteiger partial charge in [0.05, 0.1) is 18.2 Å². The molecule has 1 aromatic heterocycles. The Morgan fingerprint density at radius 1 is 1.41 bits per heavy atom. The van der Waals surface area contributed by atoms with Crippen molar-refractivity contribution >= 4 is 0 Å². The van der Waals surface area contributed by atoms with E-state index in [0.29, 0.717) is 5.56 Å². The van der Waals surface area contributed by atoms with Crippen LogP contribution in [0.25, 0.3) is 0 Å². The highest BCUT2D eigenvalue weighted by Crippen LogP contribution is 2.10. The Hall–Kier alpha value is -2.48. The van der Waals surface area contributed by atoms with Crippen LogP contribution in [0.4, 0.5) is 4.39 Å². The lowest BCUT2D eigenvalue weighted by molar-refractivity contribution is 0.572. The smallest absolute Gasteiger partial charge is 0.267 e. The van der Waals surface area contributed by atoms with Gasteiger partial charge in [0, 0.05) is 17.8 Å². The molecule has 0 amide bonds. The fourth-order valence-corrected chi connectivity index (χ4v) is 1.43. The van der Waals surface area contributed by atoms with Gasteiger partial charge in [-0.15, -0.1) is 0 Å². The molecule has 2 aromatic rings. The molecule has 17 heavy (non-hydrogen) atoms. The molecule has 5 heteroatoms. The van der Waals surface area contributed by atoms with Gasteiger partial charge in [-0.05, 0) is 24.3 Å². The zero-order valence-electron chi connectivity index (χ0n) is 8.80. The number of aromatic nitrogens is 2. The molecule has 1 aromatic carbocycles. The van der Waals surface area contributed by atoms with Crippen LogP contribution in [0.1, 0.15) is 11.1 Å². The molecule has 4 nitrogen and oxygen atoms in total. The molecule has 84 valence electrons. The van der Waals surface area contributed by atoms with Crippen molar-refractivity contribution in [3.05, 3.63) is 63.8 Å². The fraction of sp³-hybridized carbons (Fsp3) is 0.0833. The van der Waals surface area contributed by atoms with E-state index < -0.39 is 5.82 Å². The Morgan fingerprint density at radius 2 is 2.24 bits per heavy atom. The van der Waals surface area contributed by atoms with Crippen LogP contribution in [-0.2, 0) is 6.54 Å². The van der Waals surface area contributed by atoms with E-state index in [-0.39, 0.29) is 17.7 Å². The summed E-state index contributed by atoms with van der Waals surface area (Å²) in [5.41, 5.74) is 0.310. The summed E-state index contributed by atoms with van der Waals surface area (Å²) < 4.78 is 14.6. The van der Waals surface area contributed by atoms with Gasteiger partial charge in [0.15, 0.2) is 0 Å². The molecule has 0 aliphatic heterocycles. The first kappa shape index (κ1) is 11.0. The van der Waals surface area contributed by atoms with Gasteiger partial charge in [-0.3, -0.25) is 4.79 Å². The van der Waals surface area contributed by atoms with Crippen LogP contribution >= 0.6 is 0 Å². The molecule has 0 saturated carbocycles. The second-order valence-electron chi connectivity index (χ2n) is 3.44. The number of hydrogen-bond acceptors (Lipinski definition) is 3. The maximum atomic E-state index is 13.5. The Bertz CT molecular complexity index is 643. The van der Waals surface area contributed by atoms with Gasteiger partial charge >= 0.3 is 0 Å². The van der Waals surface area contributed by atoms with Crippen LogP contribution in [0.2, 0.25) is 0 Å². The fourth-order valence-electron chi connectivity index (χ4n) is 1.43. The van der Waals surface area contributed by atoms with Crippen molar-refractivity contribution in [3.8, 4) is 6.07 Å². The number of halogens is 1. The van der Waals surface area contributed by atoms with E-state index in [1.54, 1.807) is 0 Å². The summed E-state index contributed by atoms with van der Waals surface area (Å²) in [7, 11) is 0. The molecular formula is C12H8FN3O. The van der Waals surface area contributed by atoms with Crippen LogP contribution in [0.15, 0.2) is 41.3 Å². The second kappa shape index (κ2) is 4.58. The third-order valence-corrected chi connectivity index (χ3v) is 2.28. The van der Waals surface area contributed by atoms with Crippen molar-refractivity contribution < 1.29 is 4.39 Å². The molecule has 0 spiro atoms. The molecule has 0 aliphatic rings. The van der Waals surface area contributed by atoms with Crippen LogP contribution in [0.5, 0.6) is 0 Å². The zero-order valence-corrected chi connectivity index (χ0v) is 8.80. The van der Waals surface area contributed by atoms with Crippen molar-refractivity contribution in [1.82, 2.24) is 9.78 Å². The van der Waals surface area contributed by atoms with Gasteiger partial charge < -0.3 is 0 Å². The third-order valence-electron chi connectivity index (χ3n) is 2.28. The van der Waals surface area contributed by atoms with E-state index in [1.807, 2.05) is 6.07 Å².